The number of rotatable bonds is 2. The summed E-state index contributed by atoms with van der Waals surface area (Å²) in [5.41, 5.74) is -0.629. The molecule has 1 aromatic rings. The number of alkyl halides is 2. The summed E-state index contributed by atoms with van der Waals surface area (Å²) in [4.78, 5) is 2.80. The van der Waals surface area contributed by atoms with Gasteiger partial charge in [-0.15, -0.1) is 0 Å². The molecule has 0 aliphatic carbocycles. The van der Waals surface area contributed by atoms with Crippen molar-refractivity contribution in [1.82, 2.24) is 4.98 Å². The second-order valence-electron chi connectivity index (χ2n) is 2.39. The van der Waals surface area contributed by atoms with Crippen molar-refractivity contribution < 1.29 is 17.2 Å². The Hall–Kier alpha value is 0.0200. The first-order valence-electron chi connectivity index (χ1n) is 3.32. The molecule has 3 nitrogen and oxygen atoms in total. The van der Waals surface area contributed by atoms with E-state index in [-0.39, 0.29) is 4.60 Å². The van der Waals surface area contributed by atoms with Gasteiger partial charge in [0.25, 0.3) is 15.5 Å². The highest BCUT2D eigenvalue weighted by Gasteiger charge is 2.23. The van der Waals surface area contributed by atoms with Crippen molar-refractivity contribution in [3.63, 3.8) is 0 Å². The van der Waals surface area contributed by atoms with Crippen LogP contribution in [0.5, 0.6) is 0 Å². The monoisotopic (exact) mass is 339 g/mol. The summed E-state index contributed by atoms with van der Waals surface area (Å²) in [6, 6.07) is 0.756. The van der Waals surface area contributed by atoms with Crippen LogP contribution in [0.4, 0.5) is 8.78 Å². The molecule has 0 spiro atoms. The predicted molar refractivity (Wildman–Crippen MR) is 54.9 cm³/mol. The van der Waals surface area contributed by atoms with Crippen molar-refractivity contribution in [3.8, 4) is 0 Å². The Kier molecular flexibility index (Phi) is 3.91. The van der Waals surface area contributed by atoms with E-state index in [1.54, 1.807) is 0 Å². The molecule has 0 radical (unpaired) electrons. The van der Waals surface area contributed by atoms with Crippen molar-refractivity contribution in [2.45, 2.75) is 11.3 Å². The van der Waals surface area contributed by atoms with Crippen molar-refractivity contribution in [3.05, 3.63) is 21.4 Å². The van der Waals surface area contributed by atoms with Crippen LogP contribution in [0.25, 0.3) is 0 Å². The largest absolute Gasteiger partial charge is 0.280 e. The van der Waals surface area contributed by atoms with Gasteiger partial charge in [-0.05, 0) is 22.0 Å². The molecule has 9 heteroatoms. The summed E-state index contributed by atoms with van der Waals surface area (Å²) >= 11 is 8.21. The molecule has 84 valence electrons. The Balaban J connectivity index is 3.48. The van der Waals surface area contributed by atoms with E-state index in [2.05, 4.69) is 20.9 Å². The zero-order chi connectivity index (χ0) is 11.8. The van der Waals surface area contributed by atoms with Crippen LogP contribution < -0.4 is 0 Å². The van der Waals surface area contributed by atoms with E-state index >= 15 is 0 Å². The SMILES string of the molecule is O=S(=O)(Cl)c1c(Cl)cc(C(F)F)nc1Br. The zero-order valence-electron chi connectivity index (χ0n) is 6.72. The second kappa shape index (κ2) is 4.48. The van der Waals surface area contributed by atoms with Crippen LogP contribution in [-0.4, -0.2) is 13.4 Å². The highest BCUT2D eigenvalue weighted by molar-refractivity contribution is 9.10. The number of nitrogens with zero attached hydrogens (tertiary/aromatic N) is 1. The quantitative estimate of drug-likeness (QED) is 0.612. The average molecular weight is 341 g/mol. The normalized spacial score (nSPS) is 12.1. The van der Waals surface area contributed by atoms with Gasteiger partial charge in [0.2, 0.25) is 0 Å². The first-order valence-corrected chi connectivity index (χ1v) is 6.80. The molecular formula is C6H2BrCl2F2NO2S. The van der Waals surface area contributed by atoms with Gasteiger partial charge in [0, 0.05) is 10.7 Å². The van der Waals surface area contributed by atoms with E-state index < -0.39 is 31.1 Å². The third-order valence-corrected chi connectivity index (χ3v) is 3.98. The van der Waals surface area contributed by atoms with Crippen molar-refractivity contribution in [2.75, 3.05) is 0 Å². The molecule has 0 fully saturated rings. The molecule has 0 saturated heterocycles. The third-order valence-electron chi connectivity index (χ3n) is 1.37. The molecule has 0 atom stereocenters. The van der Waals surface area contributed by atoms with E-state index in [4.69, 9.17) is 22.3 Å². The molecule has 0 aliphatic heterocycles. The minimum Gasteiger partial charge on any atom is -0.238 e. The van der Waals surface area contributed by atoms with Crippen LogP contribution in [0.1, 0.15) is 12.1 Å². The molecule has 0 aliphatic rings. The maximum atomic E-state index is 12.2. The molecule has 0 bridgehead atoms. The Labute approximate surface area is 102 Å². The van der Waals surface area contributed by atoms with E-state index in [0.29, 0.717) is 0 Å². The van der Waals surface area contributed by atoms with Gasteiger partial charge in [0.15, 0.2) is 0 Å². The number of aromatic nitrogens is 1. The van der Waals surface area contributed by atoms with E-state index in [1.807, 2.05) is 0 Å². The lowest BCUT2D eigenvalue weighted by Gasteiger charge is -2.05. The third kappa shape index (κ3) is 2.99. The van der Waals surface area contributed by atoms with Gasteiger partial charge in [-0.1, -0.05) is 11.6 Å². The fourth-order valence-corrected chi connectivity index (χ4v) is 3.90. The van der Waals surface area contributed by atoms with Crippen LogP contribution in [-0.2, 0) is 9.05 Å². The predicted octanol–water partition coefficient (Wildman–Crippen LogP) is 3.36. The first kappa shape index (κ1) is 13.1. The molecule has 0 aromatic carbocycles. The molecule has 0 unspecified atom stereocenters. The van der Waals surface area contributed by atoms with Crippen molar-refractivity contribution in [2.24, 2.45) is 0 Å². The van der Waals surface area contributed by atoms with Gasteiger partial charge in [-0.25, -0.2) is 22.2 Å². The summed E-state index contributed by atoms with van der Waals surface area (Å²) in [5, 5.41) is -0.401. The lowest BCUT2D eigenvalue weighted by atomic mass is 10.4. The lowest BCUT2D eigenvalue weighted by molar-refractivity contribution is 0.145. The lowest BCUT2D eigenvalue weighted by Crippen LogP contribution is -1.99. The molecule has 1 aromatic heterocycles. The van der Waals surface area contributed by atoms with Gasteiger partial charge in [-0.2, -0.15) is 0 Å². The number of hydrogen-bond donors (Lipinski definition) is 0. The molecule has 0 N–H and O–H groups in total. The Morgan fingerprint density at radius 1 is 1.47 bits per heavy atom. The molecule has 1 heterocycles. The van der Waals surface area contributed by atoms with E-state index in [0.717, 1.165) is 6.07 Å². The number of pyridine rings is 1. The first-order chi connectivity index (χ1) is 6.73. The molecule has 1 rings (SSSR count). The van der Waals surface area contributed by atoms with Crippen LogP contribution >= 0.6 is 38.2 Å². The molecule has 0 saturated carbocycles. The molecule has 15 heavy (non-hydrogen) atoms. The van der Waals surface area contributed by atoms with Gasteiger partial charge >= 0.3 is 0 Å². The van der Waals surface area contributed by atoms with Crippen molar-refractivity contribution >= 4 is 47.3 Å². The molecular weight excluding hydrogens is 339 g/mol. The fraction of sp³-hybridized carbons (Fsp3) is 0.167. The van der Waals surface area contributed by atoms with Gasteiger partial charge in [-0.3, -0.25) is 0 Å². The topological polar surface area (TPSA) is 47.0 Å². The standard InChI is InChI=1S/C6H2BrCl2F2NO2S/c7-5-4(15(9,13)14)2(8)1-3(12-5)6(10)11/h1,6H. The molecule has 0 amide bonds. The van der Waals surface area contributed by atoms with Gasteiger partial charge < -0.3 is 0 Å². The highest BCUT2D eigenvalue weighted by atomic mass is 79.9. The Morgan fingerprint density at radius 3 is 2.33 bits per heavy atom. The van der Waals surface area contributed by atoms with Crippen LogP contribution in [0, 0.1) is 0 Å². The van der Waals surface area contributed by atoms with E-state index in [9.17, 15) is 17.2 Å². The fourth-order valence-electron chi connectivity index (χ4n) is 0.819. The smallest absolute Gasteiger partial charge is 0.238 e. The Morgan fingerprint density at radius 2 is 2.00 bits per heavy atom. The maximum Gasteiger partial charge on any atom is 0.280 e. The number of hydrogen-bond acceptors (Lipinski definition) is 3. The van der Waals surface area contributed by atoms with Crippen molar-refractivity contribution in [1.29, 1.82) is 0 Å². The maximum absolute atomic E-state index is 12.2. The Bertz CT molecular complexity index is 471. The van der Waals surface area contributed by atoms with Gasteiger partial charge in [0.05, 0.1) is 5.02 Å². The van der Waals surface area contributed by atoms with E-state index in [1.165, 1.54) is 0 Å². The summed E-state index contributed by atoms with van der Waals surface area (Å²) in [5.74, 6) is 0. The average Bonchev–Trinajstić information content (AvgIpc) is 1.99. The second-order valence-corrected chi connectivity index (χ2v) is 6.05. The summed E-state index contributed by atoms with van der Waals surface area (Å²) in [6.45, 7) is 0. The van der Waals surface area contributed by atoms with Crippen LogP contribution in [0.2, 0.25) is 5.02 Å². The minimum atomic E-state index is -4.12. The van der Waals surface area contributed by atoms with Crippen LogP contribution in [0.15, 0.2) is 15.6 Å². The van der Waals surface area contributed by atoms with Gasteiger partial charge in [0.1, 0.15) is 15.2 Å². The zero-order valence-corrected chi connectivity index (χ0v) is 10.6. The summed E-state index contributed by atoms with van der Waals surface area (Å²) in [7, 11) is 0.911. The minimum absolute atomic E-state index is 0.333. The summed E-state index contributed by atoms with van der Waals surface area (Å²) < 4.78 is 46.1. The summed E-state index contributed by atoms with van der Waals surface area (Å²) in [6.07, 6.45) is -2.84. The van der Waals surface area contributed by atoms with Crippen LogP contribution in [0.3, 0.4) is 0 Å². The highest BCUT2D eigenvalue weighted by Crippen LogP contribution is 2.33. The number of halogens is 5.